The van der Waals surface area contributed by atoms with Gasteiger partial charge in [0.1, 0.15) is 0 Å². The van der Waals surface area contributed by atoms with Crippen LogP contribution >= 0.6 is 0 Å². The Kier molecular flexibility index (Phi) is 1.90. The summed E-state index contributed by atoms with van der Waals surface area (Å²) in [6, 6.07) is 6.83. The van der Waals surface area contributed by atoms with Crippen molar-refractivity contribution in [3.8, 4) is 0 Å². The first-order chi connectivity index (χ1) is 8.25. The van der Waals surface area contributed by atoms with Crippen LogP contribution in [0.4, 0.5) is 0 Å². The van der Waals surface area contributed by atoms with Gasteiger partial charge < -0.3 is 0 Å². The normalized spacial score (nSPS) is 37.6. The second kappa shape index (κ2) is 3.25. The largest absolute Gasteiger partial charge is 0.0687 e. The van der Waals surface area contributed by atoms with Crippen LogP contribution < -0.4 is 0 Å². The number of aryl methyl sites for hydroxylation is 1. The zero-order chi connectivity index (χ0) is 11.6. The predicted molar refractivity (Wildman–Crippen MR) is 71.9 cm³/mol. The lowest BCUT2D eigenvalue weighted by Gasteiger charge is -2.37. The van der Waals surface area contributed by atoms with Gasteiger partial charge >= 0.3 is 0 Å². The molecular weight excluding hydrogens is 204 g/mol. The summed E-state index contributed by atoms with van der Waals surface area (Å²) >= 11 is 0. The van der Waals surface area contributed by atoms with Gasteiger partial charge in [0.2, 0.25) is 0 Å². The second-order valence-corrected chi connectivity index (χ2v) is 6.35. The molecule has 2 unspecified atom stereocenters. The van der Waals surface area contributed by atoms with E-state index in [9.17, 15) is 0 Å². The van der Waals surface area contributed by atoms with Crippen LogP contribution in [0.5, 0.6) is 0 Å². The summed E-state index contributed by atoms with van der Waals surface area (Å²) < 4.78 is 0. The highest BCUT2D eigenvalue weighted by molar-refractivity contribution is 5.64. The number of hydrogen-bond donors (Lipinski definition) is 0. The summed E-state index contributed by atoms with van der Waals surface area (Å²) in [6.45, 7) is 4.67. The molecule has 0 radical (unpaired) electrons. The Labute approximate surface area is 104 Å². The third-order valence-corrected chi connectivity index (χ3v) is 5.52. The zero-order valence-electron chi connectivity index (χ0n) is 10.7. The Morgan fingerprint density at radius 2 is 1.76 bits per heavy atom. The molecule has 0 heterocycles. The molecule has 2 bridgehead atoms. The summed E-state index contributed by atoms with van der Waals surface area (Å²) in [5.74, 6) is 3.71. The average Bonchev–Trinajstić information content (AvgIpc) is 2.89. The summed E-state index contributed by atoms with van der Waals surface area (Å²) in [4.78, 5) is 0. The average molecular weight is 224 g/mol. The smallest absolute Gasteiger partial charge is 0.00567 e. The second-order valence-electron chi connectivity index (χ2n) is 6.35. The van der Waals surface area contributed by atoms with Crippen LogP contribution in [0.2, 0.25) is 0 Å². The molecule has 4 atom stereocenters. The standard InChI is InChI=1S/C17H20/c1-10-4-3-5-12-8-11(2)16-13-6-7-14(9-13)17(16)15(10)12/h3-5,8,13-14,16-17H,6-7,9H2,1-2H3/t13-,14+,16?,17?/m1/s1. The van der Waals surface area contributed by atoms with Crippen molar-refractivity contribution in [1.29, 1.82) is 0 Å². The highest BCUT2D eigenvalue weighted by Gasteiger charge is 2.50. The molecule has 0 amide bonds. The summed E-state index contributed by atoms with van der Waals surface area (Å²) in [5, 5.41) is 0. The van der Waals surface area contributed by atoms with Crippen molar-refractivity contribution in [3.63, 3.8) is 0 Å². The summed E-state index contributed by atoms with van der Waals surface area (Å²) in [6.07, 6.45) is 6.92. The maximum absolute atomic E-state index is 2.46. The number of benzene rings is 1. The SMILES string of the molecule is CC1=Cc2cccc(C)c2C2C1[C@@H]1CC[C@H]2C1. The van der Waals surface area contributed by atoms with Gasteiger partial charge in [-0.25, -0.2) is 0 Å². The molecule has 88 valence electrons. The van der Waals surface area contributed by atoms with Crippen LogP contribution in [0.3, 0.4) is 0 Å². The van der Waals surface area contributed by atoms with Gasteiger partial charge in [-0.15, -0.1) is 0 Å². The van der Waals surface area contributed by atoms with Gasteiger partial charge in [0.25, 0.3) is 0 Å². The monoisotopic (exact) mass is 224 g/mol. The van der Waals surface area contributed by atoms with Gasteiger partial charge in [-0.3, -0.25) is 0 Å². The first kappa shape index (κ1) is 9.94. The van der Waals surface area contributed by atoms with E-state index in [-0.39, 0.29) is 0 Å². The molecule has 4 rings (SSSR count). The molecule has 0 heteroatoms. The number of allylic oxidation sites excluding steroid dienone is 1. The summed E-state index contributed by atoms with van der Waals surface area (Å²) in [5.41, 5.74) is 6.38. The first-order valence-corrected chi connectivity index (χ1v) is 7.03. The Morgan fingerprint density at radius 1 is 1.00 bits per heavy atom. The molecule has 0 saturated heterocycles. The van der Waals surface area contributed by atoms with Crippen molar-refractivity contribution >= 4 is 6.08 Å². The van der Waals surface area contributed by atoms with Crippen molar-refractivity contribution in [2.75, 3.05) is 0 Å². The minimum Gasteiger partial charge on any atom is -0.0687 e. The Morgan fingerprint density at radius 3 is 2.59 bits per heavy atom. The van der Waals surface area contributed by atoms with E-state index in [1.54, 1.807) is 11.1 Å². The molecule has 1 aromatic rings. The minimum atomic E-state index is 0.856. The molecule has 0 nitrogen and oxygen atoms in total. The molecule has 0 spiro atoms. The predicted octanol–water partition coefficient (Wildman–Crippen LogP) is 4.54. The molecule has 1 aromatic carbocycles. The van der Waals surface area contributed by atoms with E-state index in [0.29, 0.717) is 0 Å². The van der Waals surface area contributed by atoms with Crippen molar-refractivity contribution in [3.05, 3.63) is 40.5 Å². The molecule has 2 saturated carbocycles. The lowest BCUT2D eigenvalue weighted by atomic mass is 9.67. The molecule has 0 aliphatic heterocycles. The van der Waals surface area contributed by atoms with Crippen LogP contribution in [-0.4, -0.2) is 0 Å². The van der Waals surface area contributed by atoms with E-state index in [4.69, 9.17) is 0 Å². The van der Waals surface area contributed by atoms with Gasteiger partial charge in [0.05, 0.1) is 0 Å². The van der Waals surface area contributed by atoms with Gasteiger partial charge in [-0.2, -0.15) is 0 Å². The highest BCUT2D eigenvalue weighted by atomic mass is 14.5. The highest BCUT2D eigenvalue weighted by Crippen LogP contribution is 2.61. The number of rotatable bonds is 0. The van der Waals surface area contributed by atoms with E-state index in [2.05, 4.69) is 38.1 Å². The fourth-order valence-electron chi connectivity index (χ4n) is 4.99. The maximum Gasteiger partial charge on any atom is -0.00567 e. The summed E-state index contributed by atoms with van der Waals surface area (Å²) in [7, 11) is 0. The topological polar surface area (TPSA) is 0 Å². The Balaban J connectivity index is 1.95. The van der Waals surface area contributed by atoms with Crippen LogP contribution in [0.1, 0.15) is 48.8 Å². The third-order valence-electron chi connectivity index (χ3n) is 5.52. The van der Waals surface area contributed by atoms with E-state index in [1.165, 1.54) is 30.4 Å². The van der Waals surface area contributed by atoms with Crippen LogP contribution in [0.25, 0.3) is 6.08 Å². The van der Waals surface area contributed by atoms with Crippen molar-refractivity contribution in [1.82, 2.24) is 0 Å². The van der Waals surface area contributed by atoms with Crippen LogP contribution in [-0.2, 0) is 0 Å². The van der Waals surface area contributed by atoms with Crippen molar-refractivity contribution in [2.45, 2.75) is 39.0 Å². The Hall–Kier alpha value is -1.04. The molecule has 0 aromatic heterocycles. The number of fused-ring (bicyclic) bond motifs is 7. The molecule has 3 aliphatic carbocycles. The Bertz CT molecular complexity index is 509. The fourth-order valence-corrected chi connectivity index (χ4v) is 4.99. The third kappa shape index (κ3) is 1.19. The zero-order valence-corrected chi connectivity index (χ0v) is 10.7. The lowest BCUT2D eigenvalue weighted by Crippen LogP contribution is -2.25. The first-order valence-electron chi connectivity index (χ1n) is 7.03. The van der Waals surface area contributed by atoms with Crippen molar-refractivity contribution in [2.24, 2.45) is 17.8 Å². The van der Waals surface area contributed by atoms with Crippen molar-refractivity contribution < 1.29 is 0 Å². The van der Waals surface area contributed by atoms with Crippen LogP contribution in [0.15, 0.2) is 23.8 Å². The molecular formula is C17H20. The molecule has 0 N–H and O–H groups in total. The lowest BCUT2D eigenvalue weighted by molar-refractivity contribution is 0.324. The quantitative estimate of drug-likeness (QED) is 0.607. The minimum absolute atomic E-state index is 0.856. The van der Waals surface area contributed by atoms with E-state index < -0.39 is 0 Å². The van der Waals surface area contributed by atoms with Gasteiger partial charge in [0, 0.05) is 0 Å². The van der Waals surface area contributed by atoms with Gasteiger partial charge in [-0.05, 0) is 73.5 Å². The van der Waals surface area contributed by atoms with E-state index >= 15 is 0 Å². The maximum atomic E-state index is 2.46. The molecule has 3 aliphatic rings. The van der Waals surface area contributed by atoms with E-state index in [0.717, 1.165) is 23.7 Å². The molecule has 17 heavy (non-hydrogen) atoms. The van der Waals surface area contributed by atoms with Gasteiger partial charge in [-0.1, -0.05) is 29.8 Å². The fraction of sp³-hybridized carbons (Fsp3) is 0.529. The van der Waals surface area contributed by atoms with Gasteiger partial charge in [0.15, 0.2) is 0 Å². The van der Waals surface area contributed by atoms with Crippen LogP contribution in [0, 0.1) is 24.7 Å². The number of hydrogen-bond acceptors (Lipinski definition) is 0. The molecule has 2 fully saturated rings. The van der Waals surface area contributed by atoms with E-state index in [1.807, 2.05) is 0 Å².